The Hall–Kier alpha value is -1.89. The van der Waals surface area contributed by atoms with Gasteiger partial charge in [-0.3, -0.25) is 4.79 Å². The maximum atomic E-state index is 12.3. The van der Waals surface area contributed by atoms with E-state index in [9.17, 15) is 9.59 Å². The predicted molar refractivity (Wildman–Crippen MR) is 101 cm³/mol. The number of rotatable bonds is 4. The van der Waals surface area contributed by atoms with Crippen molar-refractivity contribution in [3.05, 3.63) is 40.2 Å². The lowest BCUT2D eigenvalue weighted by atomic mass is 10.1. The summed E-state index contributed by atoms with van der Waals surface area (Å²) in [7, 11) is 0. The van der Waals surface area contributed by atoms with Gasteiger partial charge in [0.05, 0.1) is 11.7 Å². The van der Waals surface area contributed by atoms with E-state index in [-0.39, 0.29) is 23.9 Å². The molecule has 0 spiro atoms. The largest absolute Gasteiger partial charge is 0.423 e. The van der Waals surface area contributed by atoms with E-state index < -0.39 is 17.8 Å². The van der Waals surface area contributed by atoms with E-state index in [1.54, 1.807) is 25.1 Å². The minimum Gasteiger partial charge on any atom is -0.423 e. The second-order valence-corrected chi connectivity index (χ2v) is 6.91. The van der Waals surface area contributed by atoms with Gasteiger partial charge in [0.15, 0.2) is 0 Å². The molecule has 1 aromatic carbocycles. The third-order valence-electron chi connectivity index (χ3n) is 3.57. The maximum Gasteiger partial charge on any atom is 0.336 e. The molecule has 2 rings (SSSR count). The van der Waals surface area contributed by atoms with Crippen molar-refractivity contribution >= 4 is 35.0 Å². The zero-order valence-corrected chi connectivity index (χ0v) is 15.9. The molecule has 138 valence electrons. The zero-order chi connectivity index (χ0) is 18.1. The Kier molecular flexibility index (Phi) is 6.76. The number of halogens is 1. The zero-order valence-electron chi connectivity index (χ0n) is 15.1. The van der Waals surface area contributed by atoms with Gasteiger partial charge in [0.1, 0.15) is 11.6 Å². The van der Waals surface area contributed by atoms with Crippen molar-refractivity contribution in [2.75, 3.05) is 5.32 Å². The molecule has 7 heteroatoms. The number of nitrogens with two attached hydrogens (primary N) is 1. The number of ether oxygens (including phenoxy) is 1. The molecule has 0 aliphatic rings. The van der Waals surface area contributed by atoms with E-state index in [2.05, 4.69) is 5.32 Å². The molecule has 0 saturated carbocycles. The fourth-order valence-corrected chi connectivity index (χ4v) is 2.47. The summed E-state index contributed by atoms with van der Waals surface area (Å²) in [4.78, 5) is 23.8. The van der Waals surface area contributed by atoms with Crippen molar-refractivity contribution in [1.82, 2.24) is 0 Å². The number of carbonyl (C=O) groups excluding carboxylic acids is 1. The highest BCUT2D eigenvalue weighted by Gasteiger charge is 2.26. The molecule has 0 unspecified atom stereocenters. The summed E-state index contributed by atoms with van der Waals surface area (Å²) in [5.74, 6) is -0.360. The van der Waals surface area contributed by atoms with Gasteiger partial charge in [0.25, 0.3) is 0 Å². The summed E-state index contributed by atoms with van der Waals surface area (Å²) < 4.78 is 10.9. The van der Waals surface area contributed by atoms with E-state index in [4.69, 9.17) is 14.9 Å². The molecule has 2 atom stereocenters. The monoisotopic (exact) mass is 368 g/mol. The molecule has 0 saturated heterocycles. The molecule has 0 fully saturated rings. The van der Waals surface area contributed by atoms with Crippen molar-refractivity contribution in [3.63, 3.8) is 0 Å². The summed E-state index contributed by atoms with van der Waals surface area (Å²) >= 11 is 0. The van der Waals surface area contributed by atoms with E-state index in [1.807, 2.05) is 27.7 Å². The Balaban J connectivity index is 0.00000312. The molecular weight excluding hydrogens is 344 g/mol. The normalized spacial score (nSPS) is 13.8. The number of carbonyl (C=O) groups is 1. The van der Waals surface area contributed by atoms with Gasteiger partial charge >= 0.3 is 5.63 Å². The first-order valence-electron chi connectivity index (χ1n) is 7.85. The van der Waals surface area contributed by atoms with Gasteiger partial charge in [0, 0.05) is 23.2 Å². The molecule has 3 N–H and O–H groups in total. The molecule has 1 aromatic heterocycles. The number of amides is 1. The average molecular weight is 369 g/mol. The second kappa shape index (κ2) is 7.99. The van der Waals surface area contributed by atoms with Crippen LogP contribution in [-0.4, -0.2) is 23.7 Å². The number of hydrogen-bond donors (Lipinski definition) is 2. The van der Waals surface area contributed by atoms with Crippen molar-refractivity contribution in [3.8, 4) is 0 Å². The standard InChI is InChI=1S/C18H24N2O4.ClH/c1-10-8-15(21)23-14-9-12(6-7-13(10)14)20-17(22)16(19)11(2)24-18(3,4)5;/h6-9,11,16H,19H2,1-5H3,(H,20,22);1H/t11-,16+;/m1./s1. The lowest BCUT2D eigenvalue weighted by Crippen LogP contribution is -2.47. The molecule has 1 heterocycles. The molecule has 2 aromatic rings. The molecule has 0 aliphatic heterocycles. The molecular formula is C18H25ClN2O4. The number of nitrogens with one attached hydrogen (secondary N) is 1. The first-order valence-corrected chi connectivity index (χ1v) is 7.85. The van der Waals surface area contributed by atoms with Crippen molar-refractivity contribution in [1.29, 1.82) is 0 Å². The third-order valence-corrected chi connectivity index (χ3v) is 3.57. The van der Waals surface area contributed by atoms with Crippen LogP contribution < -0.4 is 16.7 Å². The van der Waals surface area contributed by atoms with Crippen LogP contribution >= 0.6 is 12.4 Å². The van der Waals surface area contributed by atoms with Crippen LogP contribution in [0.4, 0.5) is 5.69 Å². The number of hydrogen-bond acceptors (Lipinski definition) is 5. The molecule has 0 aliphatic carbocycles. The Labute approximate surface area is 153 Å². The van der Waals surface area contributed by atoms with Crippen molar-refractivity contribution in [2.24, 2.45) is 5.73 Å². The summed E-state index contributed by atoms with van der Waals surface area (Å²) in [5, 5.41) is 3.55. The quantitative estimate of drug-likeness (QED) is 0.809. The van der Waals surface area contributed by atoms with Gasteiger partial charge < -0.3 is 20.2 Å². The molecule has 1 amide bonds. The van der Waals surface area contributed by atoms with Crippen LogP contribution in [-0.2, 0) is 9.53 Å². The van der Waals surface area contributed by atoms with E-state index >= 15 is 0 Å². The average Bonchev–Trinajstić information content (AvgIpc) is 2.43. The van der Waals surface area contributed by atoms with E-state index in [0.717, 1.165) is 10.9 Å². The molecule has 25 heavy (non-hydrogen) atoms. The second-order valence-electron chi connectivity index (χ2n) is 6.91. The highest BCUT2D eigenvalue weighted by Crippen LogP contribution is 2.21. The Bertz CT molecular complexity index is 811. The summed E-state index contributed by atoms with van der Waals surface area (Å²) in [6.45, 7) is 9.31. The molecule has 6 nitrogen and oxygen atoms in total. The molecule has 0 bridgehead atoms. The topological polar surface area (TPSA) is 94.6 Å². The third kappa shape index (κ3) is 5.56. The Morgan fingerprint density at radius 2 is 1.92 bits per heavy atom. The van der Waals surface area contributed by atoms with Gasteiger partial charge in [-0.1, -0.05) is 0 Å². The number of aryl methyl sites for hydroxylation is 1. The first kappa shape index (κ1) is 21.2. The van der Waals surface area contributed by atoms with Crippen LogP contribution in [0.2, 0.25) is 0 Å². The highest BCUT2D eigenvalue weighted by molar-refractivity contribution is 5.97. The van der Waals surface area contributed by atoms with Crippen LogP contribution in [0.25, 0.3) is 11.0 Å². The van der Waals surface area contributed by atoms with E-state index in [1.165, 1.54) is 6.07 Å². The lowest BCUT2D eigenvalue weighted by molar-refractivity contribution is -0.124. The van der Waals surface area contributed by atoms with Crippen molar-refractivity contribution in [2.45, 2.75) is 52.4 Å². The number of anilines is 1. The van der Waals surface area contributed by atoms with Gasteiger partial charge in [-0.15, -0.1) is 12.4 Å². The lowest BCUT2D eigenvalue weighted by Gasteiger charge is -2.28. The highest BCUT2D eigenvalue weighted by atomic mass is 35.5. The van der Waals surface area contributed by atoms with Crippen LogP contribution in [0.1, 0.15) is 33.3 Å². The fourth-order valence-electron chi connectivity index (χ4n) is 2.47. The predicted octanol–water partition coefficient (Wildman–Crippen LogP) is 2.99. The Morgan fingerprint density at radius 1 is 1.28 bits per heavy atom. The summed E-state index contributed by atoms with van der Waals surface area (Å²) in [5.41, 5.74) is 6.91. The van der Waals surface area contributed by atoms with Crippen LogP contribution in [0.3, 0.4) is 0 Å². The van der Waals surface area contributed by atoms with Crippen LogP contribution in [0.15, 0.2) is 33.5 Å². The van der Waals surface area contributed by atoms with Gasteiger partial charge in [-0.25, -0.2) is 4.79 Å². The fraction of sp³-hybridized carbons (Fsp3) is 0.444. The van der Waals surface area contributed by atoms with E-state index in [0.29, 0.717) is 11.3 Å². The van der Waals surface area contributed by atoms with Gasteiger partial charge in [-0.05, 0) is 52.3 Å². The Morgan fingerprint density at radius 3 is 2.52 bits per heavy atom. The minimum atomic E-state index is -0.815. The minimum absolute atomic E-state index is 0. The van der Waals surface area contributed by atoms with Gasteiger partial charge in [0.2, 0.25) is 5.91 Å². The summed E-state index contributed by atoms with van der Waals surface area (Å²) in [6.07, 6.45) is -0.439. The number of benzene rings is 1. The SMILES string of the molecule is Cc1cc(=O)oc2cc(NC(=O)[C@@H](N)[C@@H](C)OC(C)(C)C)ccc12.Cl. The number of fused-ring (bicyclic) bond motifs is 1. The summed E-state index contributed by atoms with van der Waals surface area (Å²) in [6, 6.07) is 5.77. The van der Waals surface area contributed by atoms with Gasteiger partial charge in [-0.2, -0.15) is 0 Å². The van der Waals surface area contributed by atoms with Crippen LogP contribution in [0.5, 0.6) is 0 Å². The van der Waals surface area contributed by atoms with Crippen LogP contribution in [0, 0.1) is 6.92 Å². The van der Waals surface area contributed by atoms with Crippen molar-refractivity contribution < 1.29 is 13.9 Å². The molecule has 0 radical (unpaired) electrons. The smallest absolute Gasteiger partial charge is 0.336 e. The first-order chi connectivity index (χ1) is 11.1. The maximum absolute atomic E-state index is 12.3.